The molecule has 0 unspecified atom stereocenters. The highest BCUT2D eigenvalue weighted by molar-refractivity contribution is 6.07. The van der Waals surface area contributed by atoms with E-state index in [1.54, 1.807) is 29.2 Å². The first-order valence-corrected chi connectivity index (χ1v) is 11.7. The van der Waals surface area contributed by atoms with E-state index in [9.17, 15) is 14.4 Å². The molecule has 35 heavy (non-hydrogen) atoms. The largest absolute Gasteiger partial charge is 0.445 e. The predicted molar refractivity (Wildman–Crippen MR) is 135 cm³/mol. The van der Waals surface area contributed by atoms with Crippen molar-refractivity contribution in [3.8, 4) is 0 Å². The van der Waals surface area contributed by atoms with Gasteiger partial charge in [0, 0.05) is 23.5 Å². The highest BCUT2D eigenvalue weighted by Gasteiger charge is 2.26. The normalized spacial score (nSPS) is 13.2. The van der Waals surface area contributed by atoms with Crippen LogP contribution in [0.25, 0.3) is 0 Å². The zero-order valence-corrected chi connectivity index (χ0v) is 19.9. The molecule has 4 rings (SSSR count). The summed E-state index contributed by atoms with van der Waals surface area (Å²) in [6.45, 7) is 4.46. The van der Waals surface area contributed by atoms with Gasteiger partial charge in [-0.15, -0.1) is 0 Å². The zero-order chi connectivity index (χ0) is 24.8. The van der Waals surface area contributed by atoms with Crippen LogP contribution in [0, 0.1) is 5.92 Å². The molecule has 3 aromatic carbocycles. The van der Waals surface area contributed by atoms with Crippen LogP contribution in [0.1, 0.15) is 35.3 Å². The van der Waals surface area contributed by atoms with Crippen LogP contribution in [0.15, 0.2) is 78.9 Å². The number of benzene rings is 3. The van der Waals surface area contributed by atoms with Gasteiger partial charge < -0.3 is 20.3 Å². The summed E-state index contributed by atoms with van der Waals surface area (Å²) in [7, 11) is 0. The van der Waals surface area contributed by atoms with E-state index in [0.29, 0.717) is 17.8 Å². The molecule has 2 N–H and O–H groups in total. The van der Waals surface area contributed by atoms with E-state index in [-0.39, 0.29) is 24.3 Å². The third kappa shape index (κ3) is 5.87. The van der Waals surface area contributed by atoms with Gasteiger partial charge in [-0.2, -0.15) is 0 Å². The fraction of sp³-hybridized carbons (Fsp3) is 0.250. The second kappa shape index (κ2) is 10.9. The maximum absolute atomic E-state index is 13.0. The van der Waals surface area contributed by atoms with Crippen molar-refractivity contribution < 1.29 is 19.1 Å². The summed E-state index contributed by atoms with van der Waals surface area (Å²) in [4.78, 5) is 39.9. The Labute approximate surface area is 205 Å². The van der Waals surface area contributed by atoms with E-state index in [2.05, 4.69) is 10.6 Å². The second-order valence-electron chi connectivity index (χ2n) is 8.83. The molecule has 0 spiro atoms. The van der Waals surface area contributed by atoms with Gasteiger partial charge in [0.25, 0.3) is 5.91 Å². The fourth-order valence-electron chi connectivity index (χ4n) is 4.05. The Hall–Kier alpha value is -4.13. The summed E-state index contributed by atoms with van der Waals surface area (Å²) in [5.74, 6) is -0.588. The Balaban J connectivity index is 1.34. The van der Waals surface area contributed by atoms with Gasteiger partial charge >= 0.3 is 6.09 Å². The number of hydrogen-bond donors (Lipinski definition) is 2. The van der Waals surface area contributed by atoms with Crippen LogP contribution < -0.4 is 15.5 Å². The molecular formula is C28H29N3O4. The predicted octanol–water partition coefficient (Wildman–Crippen LogP) is 4.78. The maximum Gasteiger partial charge on any atom is 0.408 e. The molecular weight excluding hydrogens is 442 g/mol. The minimum Gasteiger partial charge on any atom is -0.445 e. The van der Waals surface area contributed by atoms with Gasteiger partial charge in [-0.1, -0.05) is 62.4 Å². The number of rotatable bonds is 7. The van der Waals surface area contributed by atoms with Gasteiger partial charge in [-0.05, 0) is 53.8 Å². The third-order valence-electron chi connectivity index (χ3n) is 5.97. The minimum absolute atomic E-state index is 0.0734. The lowest BCUT2D eigenvalue weighted by Gasteiger charge is -2.21. The minimum atomic E-state index is -0.777. The number of nitrogens with one attached hydrogen (secondary N) is 2. The summed E-state index contributed by atoms with van der Waals surface area (Å²) in [5, 5.41) is 5.47. The lowest BCUT2D eigenvalue weighted by molar-refractivity contribution is -0.119. The summed E-state index contributed by atoms with van der Waals surface area (Å²) in [6.07, 6.45) is 0.183. The van der Waals surface area contributed by atoms with Crippen LogP contribution in [-0.4, -0.2) is 30.5 Å². The Kier molecular flexibility index (Phi) is 7.45. The molecule has 7 nitrogen and oxygen atoms in total. The average Bonchev–Trinajstić information content (AvgIpc) is 3.30. The van der Waals surface area contributed by atoms with Crippen molar-refractivity contribution in [3.05, 3.63) is 95.6 Å². The van der Waals surface area contributed by atoms with Crippen LogP contribution in [-0.2, 0) is 22.6 Å². The molecule has 0 bridgehead atoms. The molecule has 3 amide bonds. The van der Waals surface area contributed by atoms with Crippen LogP contribution in [0.4, 0.5) is 16.2 Å². The van der Waals surface area contributed by atoms with Crippen LogP contribution >= 0.6 is 0 Å². The number of anilines is 2. The SMILES string of the molecule is CC(C)[C@H](NC(=O)OCc1ccccc1)C(=O)Nc1ccc(C(=O)N2CCc3ccccc32)cc1. The van der Waals surface area contributed by atoms with Crippen molar-refractivity contribution in [1.82, 2.24) is 5.32 Å². The summed E-state index contributed by atoms with van der Waals surface area (Å²) < 4.78 is 5.25. The van der Waals surface area contributed by atoms with Crippen LogP contribution in [0.5, 0.6) is 0 Å². The first-order valence-electron chi connectivity index (χ1n) is 11.7. The first kappa shape index (κ1) is 24.0. The van der Waals surface area contributed by atoms with Crippen LogP contribution in [0.3, 0.4) is 0 Å². The van der Waals surface area contributed by atoms with Gasteiger partial charge in [-0.3, -0.25) is 9.59 Å². The number of para-hydroxylation sites is 1. The van der Waals surface area contributed by atoms with Gasteiger partial charge in [0.1, 0.15) is 12.6 Å². The van der Waals surface area contributed by atoms with Crippen molar-refractivity contribution >= 4 is 29.3 Å². The highest BCUT2D eigenvalue weighted by atomic mass is 16.5. The molecule has 0 aliphatic carbocycles. The molecule has 0 radical (unpaired) electrons. The van der Waals surface area contributed by atoms with Crippen molar-refractivity contribution in [3.63, 3.8) is 0 Å². The van der Waals surface area contributed by atoms with Crippen molar-refractivity contribution in [2.75, 3.05) is 16.8 Å². The molecule has 0 saturated heterocycles. The maximum atomic E-state index is 13.0. The first-order chi connectivity index (χ1) is 16.9. The molecule has 1 aliphatic heterocycles. The quantitative estimate of drug-likeness (QED) is 0.519. The average molecular weight is 472 g/mol. The smallest absolute Gasteiger partial charge is 0.408 e. The molecule has 1 aliphatic rings. The lowest BCUT2D eigenvalue weighted by atomic mass is 10.0. The van der Waals surface area contributed by atoms with Gasteiger partial charge in [0.2, 0.25) is 5.91 Å². The molecule has 1 heterocycles. The Morgan fingerprint density at radius 2 is 1.60 bits per heavy atom. The fourth-order valence-corrected chi connectivity index (χ4v) is 4.05. The monoisotopic (exact) mass is 471 g/mol. The van der Waals surface area contributed by atoms with E-state index in [1.807, 2.05) is 68.4 Å². The van der Waals surface area contributed by atoms with E-state index < -0.39 is 12.1 Å². The van der Waals surface area contributed by atoms with E-state index in [1.165, 1.54) is 5.56 Å². The van der Waals surface area contributed by atoms with E-state index >= 15 is 0 Å². The zero-order valence-electron chi connectivity index (χ0n) is 19.9. The molecule has 0 aromatic heterocycles. The number of alkyl carbamates (subject to hydrolysis) is 1. The molecule has 180 valence electrons. The van der Waals surface area contributed by atoms with Crippen molar-refractivity contribution in [2.45, 2.75) is 32.9 Å². The van der Waals surface area contributed by atoms with Gasteiger partial charge in [0.15, 0.2) is 0 Å². The number of carbonyl (C=O) groups excluding carboxylic acids is 3. The van der Waals surface area contributed by atoms with E-state index in [0.717, 1.165) is 17.7 Å². The summed E-state index contributed by atoms with van der Waals surface area (Å²) in [6, 6.07) is 23.2. The third-order valence-corrected chi connectivity index (χ3v) is 5.97. The highest BCUT2D eigenvalue weighted by Crippen LogP contribution is 2.29. The van der Waals surface area contributed by atoms with Gasteiger partial charge in [0.05, 0.1) is 0 Å². The molecule has 0 saturated carbocycles. The molecule has 1 atom stereocenters. The number of fused-ring (bicyclic) bond motifs is 1. The number of ether oxygens (including phenoxy) is 1. The van der Waals surface area contributed by atoms with Gasteiger partial charge in [-0.25, -0.2) is 4.79 Å². The lowest BCUT2D eigenvalue weighted by Crippen LogP contribution is -2.47. The molecule has 7 heteroatoms. The topological polar surface area (TPSA) is 87.7 Å². The second-order valence-corrected chi connectivity index (χ2v) is 8.83. The molecule has 0 fully saturated rings. The van der Waals surface area contributed by atoms with E-state index in [4.69, 9.17) is 4.74 Å². The number of nitrogens with zero attached hydrogens (tertiary/aromatic N) is 1. The van der Waals surface area contributed by atoms with Crippen LogP contribution in [0.2, 0.25) is 0 Å². The number of carbonyl (C=O) groups is 3. The summed E-state index contributed by atoms with van der Waals surface area (Å²) in [5.41, 5.74) is 4.06. The molecule has 3 aromatic rings. The van der Waals surface area contributed by atoms with Crippen molar-refractivity contribution in [2.24, 2.45) is 5.92 Å². The van der Waals surface area contributed by atoms with Crippen molar-refractivity contribution in [1.29, 1.82) is 0 Å². The standard InChI is InChI=1S/C28H29N3O4/c1-19(2)25(30-28(34)35-18-20-8-4-3-5-9-20)26(32)29-23-14-12-22(13-15-23)27(33)31-17-16-21-10-6-7-11-24(21)31/h3-15,19,25H,16-18H2,1-2H3,(H,29,32)(H,30,34)/t25-/m0/s1. The Morgan fingerprint density at radius 1 is 0.914 bits per heavy atom. The Morgan fingerprint density at radius 3 is 2.31 bits per heavy atom. The Bertz CT molecular complexity index is 1190. The number of amides is 3. The summed E-state index contributed by atoms with van der Waals surface area (Å²) >= 11 is 0. The number of hydrogen-bond acceptors (Lipinski definition) is 4.